The van der Waals surface area contributed by atoms with E-state index in [1.54, 1.807) is 29.4 Å². The van der Waals surface area contributed by atoms with Crippen molar-refractivity contribution < 1.29 is 19.4 Å². The van der Waals surface area contributed by atoms with E-state index in [9.17, 15) is 14.7 Å². The van der Waals surface area contributed by atoms with Gasteiger partial charge in [0.05, 0.1) is 12.5 Å². The Kier molecular flexibility index (Phi) is 4.94. The fourth-order valence-electron chi connectivity index (χ4n) is 7.23. The third kappa shape index (κ3) is 2.80. The Labute approximate surface area is 208 Å². The number of carbonyl (C=O) groups is 2. The lowest BCUT2D eigenvalue weighted by molar-refractivity contribution is -0.157. The summed E-state index contributed by atoms with van der Waals surface area (Å²) >= 11 is 1.66. The van der Waals surface area contributed by atoms with E-state index in [2.05, 4.69) is 30.2 Å². The summed E-state index contributed by atoms with van der Waals surface area (Å²) < 4.78 is 5.46. The number of nitrogens with zero attached hydrogens (tertiary/aromatic N) is 1. The summed E-state index contributed by atoms with van der Waals surface area (Å²) in [5.41, 5.74) is 1.92. The summed E-state index contributed by atoms with van der Waals surface area (Å²) in [5.74, 6) is -0.758. The van der Waals surface area contributed by atoms with Gasteiger partial charge in [0.2, 0.25) is 0 Å². The number of hydrogen-bond donors (Lipinski definition) is 1. The fourth-order valence-corrected chi connectivity index (χ4v) is 8.45. The molecule has 6 heteroatoms. The molecule has 2 bridgehead atoms. The molecule has 35 heavy (non-hydrogen) atoms. The predicted molar refractivity (Wildman–Crippen MR) is 136 cm³/mol. The molecule has 1 aromatic heterocycles. The van der Waals surface area contributed by atoms with Gasteiger partial charge in [0.15, 0.2) is 0 Å². The van der Waals surface area contributed by atoms with E-state index in [-0.39, 0.29) is 24.3 Å². The zero-order valence-electron chi connectivity index (χ0n) is 19.6. The quantitative estimate of drug-likeness (QED) is 0.506. The van der Waals surface area contributed by atoms with E-state index in [0.717, 1.165) is 18.4 Å². The first kappa shape index (κ1) is 22.1. The summed E-state index contributed by atoms with van der Waals surface area (Å²) in [5, 5.41) is 12.9. The zero-order valence-corrected chi connectivity index (χ0v) is 20.4. The molecule has 5 nitrogen and oxygen atoms in total. The van der Waals surface area contributed by atoms with Gasteiger partial charge in [-0.3, -0.25) is 9.59 Å². The number of methoxy groups -OCH3 is 1. The van der Waals surface area contributed by atoms with Crippen molar-refractivity contribution in [2.75, 3.05) is 20.2 Å². The third-order valence-corrected chi connectivity index (χ3v) is 9.71. The maximum absolute atomic E-state index is 13.8. The van der Waals surface area contributed by atoms with Crippen molar-refractivity contribution >= 4 is 28.8 Å². The molecule has 1 saturated carbocycles. The second kappa shape index (κ2) is 7.82. The molecule has 2 fully saturated rings. The first-order valence-electron chi connectivity index (χ1n) is 11.9. The van der Waals surface area contributed by atoms with Crippen molar-refractivity contribution in [1.29, 1.82) is 0 Å². The number of thiophene rings is 1. The number of para-hydroxylation sites is 1. The number of aliphatic carboxylic acids is 1. The van der Waals surface area contributed by atoms with Crippen molar-refractivity contribution in [2.45, 2.75) is 24.2 Å². The Balaban J connectivity index is 1.47. The van der Waals surface area contributed by atoms with Gasteiger partial charge < -0.3 is 14.7 Å². The monoisotopic (exact) mass is 485 g/mol. The molecule has 2 aromatic carbocycles. The highest BCUT2D eigenvalue weighted by atomic mass is 32.1. The largest absolute Gasteiger partial charge is 0.496 e. The van der Waals surface area contributed by atoms with Crippen LogP contribution in [0.25, 0.3) is 5.57 Å². The number of likely N-dealkylation sites (tertiary alicyclic amines) is 1. The van der Waals surface area contributed by atoms with Crippen LogP contribution in [-0.4, -0.2) is 42.1 Å². The van der Waals surface area contributed by atoms with Gasteiger partial charge in [-0.15, -0.1) is 11.3 Å². The number of carboxylic acid groups (broad SMARTS) is 1. The maximum atomic E-state index is 13.8. The van der Waals surface area contributed by atoms with Gasteiger partial charge in [-0.05, 0) is 41.5 Å². The molecular weight excluding hydrogens is 458 g/mol. The molecule has 1 aliphatic heterocycles. The Morgan fingerprint density at radius 3 is 2.60 bits per heavy atom. The zero-order chi connectivity index (χ0) is 24.4. The van der Waals surface area contributed by atoms with Gasteiger partial charge in [0.1, 0.15) is 5.75 Å². The second-order valence-corrected chi connectivity index (χ2v) is 10.8. The first-order valence-corrected chi connectivity index (χ1v) is 12.8. The summed E-state index contributed by atoms with van der Waals surface area (Å²) in [4.78, 5) is 29.9. The van der Waals surface area contributed by atoms with Crippen molar-refractivity contribution in [3.63, 3.8) is 0 Å². The van der Waals surface area contributed by atoms with Crippen LogP contribution in [0.3, 0.4) is 0 Å². The number of fused-ring (bicyclic) bond motifs is 1. The molecule has 4 atom stereocenters. The number of rotatable bonds is 5. The lowest BCUT2D eigenvalue weighted by Crippen LogP contribution is -2.59. The molecule has 1 saturated heterocycles. The van der Waals surface area contributed by atoms with Crippen LogP contribution < -0.4 is 4.74 Å². The number of benzene rings is 2. The standard InChI is InChI=1S/C29H27NO4S/c1-18(20-10-6-7-11-23(20)34-2)26(31)30-16-24-28(19-8-4-3-5-9-19)14-12-21(25-22(28)13-15-35-25)29(24,17-30)27(32)33/h3-11,13,15,21,24H,1,12,14,16-17H2,2H3,(H,32,33)/t21-,24-,28-,29-/m0/s1. The molecular formula is C29H27NO4S. The van der Waals surface area contributed by atoms with E-state index in [0.29, 0.717) is 23.4 Å². The van der Waals surface area contributed by atoms with Crippen LogP contribution in [-0.2, 0) is 15.0 Å². The topological polar surface area (TPSA) is 66.8 Å². The number of amides is 1. The minimum atomic E-state index is -1.03. The molecule has 1 amide bonds. The van der Waals surface area contributed by atoms with E-state index < -0.39 is 16.8 Å². The van der Waals surface area contributed by atoms with Crippen LogP contribution in [0.1, 0.15) is 40.3 Å². The Bertz CT molecular complexity index is 1350. The van der Waals surface area contributed by atoms with Crippen molar-refractivity contribution in [3.05, 3.63) is 94.2 Å². The minimum Gasteiger partial charge on any atom is -0.496 e. The number of carbonyl (C=O) groups excluding carboxylic acids is 1. The van der Waals surface area contributed by atoms with Gasteiger partial charge in [-0.2, -0.15) is 0 Å². The SMILES string of the molecule is C=C(C(=O)N1C[C@H]2[C@]3(c4ccccc4)CC[C@@H](c4sccc43)[C@@]2(C(=O)O)C1)c1ccccc1OC. The summed E-state index contributed by atoms with van der Waals surface area (Å²) in [6, 6.07) is 19.8. The molecule has 4 aliphatic rings. The Morgan fingerprint density at radius 2 is 1.86 bits per heavy atom. The average Bonchev–Trinajstić information content (AvgIpc) is 3.56. The van der Waals surface area contributed by atoms with Crippen LogP contribution in [0.15, 0.2) is 72.6 Å². The normalized spacial score (nSPS) is 28.3. The smallest absolute Gasteiger partial charge is 0.312 e. The van der Waals surface area contributed by atoms with Gasteiger partial charge in [0, 0.05) is 46.4 Å². The van der Waals surface area contributed by atoms with Crippen LogP contribution in [0.5, 0.6) is 5.75 Å². The molecule has 3 aromatic rings. The second-order valence-electron chi connectivity index (χ2n) is 9.89. The van der Waals surface area contributed by atoms with E-state index >= 15 is 0 Å². The van der Waals surface area contributed by atoms with Crippen LogP contribution in [0.2, 0.25) is 0 Å². The number of ether oxygens (including phenoxy) is 1. The maximum Gasteiger partial charge on any atom is 0.312 e. The van der Waals surface area contributed by atoms with Gasteiger partial charge >= 0.3 is 5.97 Å². The summed E-state index contributed by atoms with van der Waals surface area (Å²) in [6.45, 7) is 4.69. The highest BCUT2D eigenvalue weighted by molar-refractivity contribution is 7.10. The Hall–Kier alpha value is -3.38. The van der Waals surface area contributed by atoms with E-state index in [1.165, 1.54) is 10.4 Å². The van der Waals surface area contributed by atoms with Gasteiger partial charge in [0.25, 0.3) is 5.91 Å². The highest BCUT2D eigenvalue weighted by Gasteiger charge is 2.71. The lowest BCUT2D eigenvalue weighted by Gasteiger charge is -2.58. The molecule has 178 valence electrons. The van der Waals surface area contributed by atoms with Crippen molar-refractivity contribution in [2.24, 2.45) is 11.3 Å². The molecule has 0 unspecified atom stereocenters. The first-order chi connectivity index (χ1) is 16.9. The summed E-state index contributed by atoms with van der Waals surface area (Å²) in [6.07, 6.45) is 1.70. The molecule has 2 heterocycles. The predicted octanol–water partition coefficient (Wildman–Crippen LogP) is 5.18. The number of hydrogen-bond acceptors (Lipinski definition) is 4. The average molecular weight is 486 g/mol. The minimum absolute atomic E-state index is 0.0945. The lowest BCUT2D eigenvalue weighted by atomic mass is 9.43. The van der Waals surface area contributed by atoms with E-state index in [1.807, 2.05) is 36.4 Å². The van der Waals surface area contributed by atoms with Crippen LogP contribution in [0, 0.1) is 11.3 Å². The Morgan fingerprint density at radius 1 is 1.11 bits per heavy atom. The van der Waals surface area contributed by atoms with E-state index in [4.69, 9.17) is 4.74 Å². The van der Waals surface area contributed by atoms with Crippen molar-refractivity contribution in [3.8, 4) is 5.75 Å². The van der Waals surface area contributed by atoms with Gasteiger partial charge in [-0.1, -0.05) is 55.1 Å². The van der Waals surface area contributed by atoms with Crippen LogP contribution >= 0.6 is 11.3 Å². The third-order valence-electron chi connectivity index (χ3n) is 8.68. The summed E-state index contributed by atoms with van der Waals surface area (Å²) in [7, 11) is 1.57. The molecule has 0 spiro atoms. The number of carboxylic acids is 1. The molecule has 7 rings (SSSR count). The highest BCUT2D eigenvalue weighted by Crippen LogP contribution is 2.70. The van der Waals surface area contributed by atoms with Crippen LogP contribution in [0.4, 0.5) is 0 Å². The molecule has 0 radical (unpaired) electrons. The van der Waals surface area contributed by atoms with Gasteiger partial charge in [-0.25, -0.2) is 0 Å². The van der Waals surface area contributed by atoms with Crippen molar-refractivity contribution in [1.82, 2.24) is 4.90 Å². The molecule has 1 N–H and O–H groups in total. The fraction of sp³-hybridized carbons (Fsp3) is 0.310. The molecule has 3 aliphatic carbocycles.